The van der Waals surface area contributed by atoms with Crippen molar-refractivity contribution in [3.8, 4) is 0 Å². The molecule has 0 aromatic rings. The van der Waals surface area contributed by atoms with Crippen LogP contribution in [0.5, 0.6) is 0 Å². The fourth-order valence-electron chi connectivity index (χ4n) is 7.16. The van der Waals surface area contributed by atoms with Crippen LogP contribution >= 0.6 is 0 Å². The molecule has 200 valence electrons. The van der Waals surface area contributed by atoms with Gasteiger partial charge in [-0.15, -0.1) is 0 Å². The van der Waals surface area contributed by atoms with Gasteiger partial charge in [0.05, 0.1) is 12.0 Å². The van der Waals surface area contributed by atoms with E-state index in [0.717, 1.165) is 11.8 Å². The van der Waals surface area contributed by atoms with E-state index in [1.54, 1.807) is 6.92 Å². The van der Waals surface area contributed by atoms with Gasteiger partial charge in [0.25, 0.3) is 0 Å². The average molecular weight is 523 g/mol. The number of esters is 2. The van der Waals surface area contributed by atoms with E-state index in [-0.39, 0.29) is 25.0 Å². The number of alkyl halides is 2. The third-order valence-corrected chi connectivity index (χ3v) is 9.45. The maximum absolute atomic E-state index is 13.7. The molecule has 0 aromatic carbocycles. The summed E-state index contributed by atoms with van der Waals surface area (Å²) in [7, 11) is -5.93. The van der Waals surface area contributed by atoms with Crippen LogP contribution in [0.4, 0.5) is 8.78 Å². The zero-order valence-electron chi connectivity index (χ0n) is 20.1. The monoisotopic (exact) mass is 522 g/mol. The number of rotatable bonds is 8. The van der Waals surface area contributed by atoms with Gasteiger partial charge < -0.3 is 14.2 Å². The molecule has 0 aromatic heterocycles. The maximum Gasteiger partial charge on any atom is 0.465 e. The Labute approximate surface area is 205 Å². The number of hydrogen-bond acceptors (Lipinski definition) is 7. The predicted octanol–water partition coefficient (Wildman–Crippen LogP) is 4.33. The highest BCUT2D eigenvalue weighted by Gasteiger charge is 2.56. The summed E-state index contributed by atoms with van der Waals surface area (Å²) in [5, 5.41) is -5.03. The molecule has 4 aliphatic carbocycles. The summed E-state index contributed by atoms with van der Waals surface area (Å²) in [4.78, 5) is 24.7. The molecule has 0 radical (unpaired) electrons. The molecule has 4 fully saturated rings. The molecule has 0 heterocycles. The summed E-state index contributed by atoms with van der Waals surface area (Å²) in [6, 6.07) is 0. The summed E-state index contributed by atoms with van der Waals surface area (Å²) < 4.78 is 73.7. The van der Waals surface area contributed by atoms with E-state index in [0.29, 0.717) is 38.2 Å². The molecule has 4 rings (SSSR count). The number of hydrogen-bond donors (Lipinski definition) is 1. The Bertz CT molecular complexity index is 897. The van der Waals surface area contributed by atoms with Crippen molar-refractivity contribution in [2.75, 3.05) is 13.4 Å². The first kappa shape index (κ1) is 26.7. The SMILES string of the molecule is C[C@@]1(C(=O)OCOCC2CC3CCCC(C3)C2)CC2CCC(OC(=O)C(F)(F)S(=O)(=O)O)C(C2)C1. The van der Waals surface area contributed by atoms with Crippen LogP contribution in [-0.4, -0.2) is 49.7 Å². The predicted molar refractivity (Wildman–Crippen MR) is 120 cm³/mol. The molecule has 35 heavy (non-hydrogen) atoms. The van der Waals surface area contributed by atoms with Gasteiger partial charge in [-0.3, -0.25) is 9.35 Å². The Balaban J connectivity index is 1.27. The van der Waals surface area contributed by atoms with Crippen molar-refractivity contribution in [1.29, 1.82) is 0 Å². The molecule has 4 bridgehead atoms. The number of ether oxygens (including phenoxy) is 3. The van der Waals surface area contributed by atoms with Gasteiger partial charge in [-0.2, -0.15) is 17.2 Å². The fourth-order valence-corrected chi connectivity index (χ4v) is 7.41. The minimum Gasteiger partial charge on any atom is -0.457 e. The lowest BCUT2D eigenvalue weighted by molar-refractivity contribution is -0.182. The summed E-state index contributed by atoms with van der Waals surface area (Å²) in [6.45, 7) is 2.20. The Morgan fingerprint density at radius 3 is 2.34 bits per heavy atom. The lowest BCUT2D eigenvalue weighted by atomic mass is 9.60. The first-order chi connectivity index (χ1) is 16.4. The van der Waals surface area contributed by atoms with Crippen molar-refractivity contribution in [3.63, 3.8) is 0 Å². The Morgan fingerprint density at radius 1 is 1.00 bits per heavy atom. The number of carbonyl (C=O) groups is 2. The molecule has 6 atom stereocenters. The minimum atomic E-state index is -5.93. The van der Waals surface area contributed by atoms with Crippen LogP contribution in [0.1, 0.15) is 77.6 Å². The van der Waals surface area contributed by atoms with Crippen molar-refractivity contribution in [2.24, 2.45) is 35.0 Å². The third kappa shape index (κ3) is 5.98. The average Bonchev–Trinajstić information content (AvgIpc) is 2.77. The smallest absolute Gasteiger partial charge is 0.457 e. The third-order valence-electron chi connectivity index (χ3n) is 8.64. The molecule has 4 aliphatic rings. The minimum absolute atomic E-state index is 0.130. The van der Waals surface area contributed by atoms with Crippen molar-refractivity contribution >= 4 is 22.1 Å². The zero-order chi connectivity index (χ0) is 25.4. The van der Waals surface area contributed by atoms with Crippen LogP contribution in [0.3, 0.4) is 0 Å². The molecule has 5 unspecified atom stereocenters. The quantitative estimate of drug-likeness (QED) is 0.217. The van der Waals surface area contributed by atoms with Crippen LogP contribution in [0, 0.1) is 35.0 Å². The van der Waals surface area contributed by atoms with Crippen molar-refractivity contribution in [2.45, 2.75) is 88.9 Å². The molecular weight excluding hydrogens is 486 g/mol. The summed E-state index contributed by atoms with van der Waals surface area (Å²) in [5.74, 6) is -0.882. The highest BCUT2D eigenvalue weighted by atomic mass is 32.2. The normalized spacial score (nSPS) is 37.4. The Kier molecular flexibility index (Phi) is 7.79. The highest BCUT2D eigenvalue weighted by Crippen LogP contribution is 2.50. The van der Waals surface area contributed by atoms with E-state index >= 15 is 0 Å². The van der Waals surface area contributed by atoms with E-state index in [1.807, 2.05) is 0 Å². The molecule has 1 N–H and O–H groups in total. The van der Waals surface area contributed by atoms with E-state index in [9.17, 15) is 26.8 Å². The molecular formula is C24H36F2O8S. The maximum atomic E-state index is 13.7. The van der Waals surface area contributed by atoms with Crippen molar-refractivity contribution in [1.82, 2.24) is 0 Å². The van der Waals surface area contributed by atoms with E-state index in [4.69, 9.17) is 18.8 Å². The molecule has 0 aliphatic heterocycles. The van der Waals surface area contributed by atoms with Gasteiger partial charge in [-0.05, 0) is 87.9 Å². The summed E-state index contributed by atoms with van der Waals surface area (Å²) >= 11 is 0. The van der Waals surface area contributed by atoms with Crippen molar-refractivity contribution < 1.29 is 45.6 Å². The van der Waals surface area contributed by atoms with Gasteiger partial charge >= 0.3 is 27.3 Å². The van der Waals surface area contributed by atoms with Crippen LogP contribution in [0.25, 0.3) is 0 Å². The molecule has 8 nitrogen and oxygen atoms in total. The van der Waals surface area contributed by atoms with Gasteiger partial charge in [0.1, 0.15) is 6.10 Å². The van der Waals surface area contributed by atoms with Crippen LogP contribution in [0.15, 0.2) is 0 Å². The number of halogens is 2. The number of carbonyl (C=O) groups excluding carboxylic acids is 2. The van der Waals surface area contributed by atoms with Gasteiger partial charge in [0.2, 0.25) is 0 Å². The number of fused-ring (bicyclic) bond motifs is 4. The Morgan fingerprint density at radius 2 is 1.69 bits per heavy atom. The fraction of sp³-hybridized carbons (Fsp3) is 0.917. The standard InChI is InChI=1S/C24H36F2O8S/c1-23(21(27)33-14-32-13-18-8-15-3-2-4-16(7-15)9-18)11-17-5-6-20(19(10-17)12-23)34-22(28)24(25,26)35(29,30)31/h15-20H,2-14H2,1H3,(H,29,30,31)/t15?,16?,17?,18?,19?,20?,23-/m1/s1. The zero-order valence-corrected chi connectivity index (χ0v) is 20.9. The van der Waals surface area contributed by atoms with Gasteiger partial charge in [-0.25, -0.2) is 4.79 Å². The van der Waals surface area contributed by atoms with Crippen molar-refractivity contribution in [3.05, 3.63) is 0 Å². The van der Waals surface area contributed by atoms with E-state index in [2.05, 4.69) is 0 Å². The molecule has 4 saturated carbocycles. The van der Waals surface area contributed by atoms with Crippen LogP contribution in [0.2, 0.25) is 0 Å². The van der Waals surface area contributed by atoms with Crippen LogP contribution in [-0.2, 0) is 33.9 Å². The topological polar surface area (TPSA) is 116 Å². The lowest BCUT2D eigenvalue weighted by Gasteiger charge is -2.46. The first-order valence-corrected chi connectivity index (χ1v) is 14.1. The summed E-state index contributed by atoms with van der Waals surface area (Å²) in [5.41, 5.74) is -0.880. The first-order valence-electron chi connectivity index (χ1n) is 12.7. The van der Waals surface area contributed by atoms with Gasteiger partial charge in [0.15, 0.2) is 6.79 Å². The molecule has 0 amide bonds. The summed E-state index contributed by atoms with van der Waals surface area (Å²) in [6.07, 6.45) is 8.90. The highest BCUT2D eigenvalue weighted by molar-refractivity contribution is 7.87. The second kappa shape index (κ2) is 10.2. The van der Waals surface area contributed by atoms with Gasteiger partial charge in [0, 0.05) is 0 Å². The van der Waals surface area contributed by atoms with E-state index in [1.165, 1.54) is 38.5 Å². The molecule has 0 saturated heterocycles. The van der Waals surface area contributed by atoms with E-state index < -0.39 is 38.8 Å². The lowest BCUT2D eigenvalue weighted by Crippen LogP contribution is -2.48. The van der Waals surface area contributed by atoms with Crippen LogP contribution < -0.4 is 0 Å². The molecule has 11 heteroatoms. The second-order valence-electron chi connectivity index (χ2n) is 11.5. The largest absolute Gasteiger partial charge is 0.465 e. The Hall–Kier alpha value is -1.33. The molecule has 0 spiro atoms. The second-order valence-corrected chi connectivity index (χ2v) is 13.0. The van der Waals surface area contributed by atoms with Gasteiger partial charge in [-0.1, -0.05) is 19.3 Å².